The molecule has 0 bridgehead atoms. The average Bonchev–Trinajstić information content (AvgIpc) is 2.80. The highest BCUT2D eigenvalue weighted by molar-refractivity contribution is 9.10. The fraction of sp³-hybridized carbons (Fsp3) is 0.167. The molecule has 1 aromatic heterocycles. The molecule has 1 heterocycles. The Labute approximate surface area is 111 Å². The zero-order chi connectivity index (χ0) is 12.3. The van der Waals surface area contributed by atoms with Crippen molar-refractivity contribution in [3.05, 3.63) is 50.9 Å². The number of benzene rings is 1. The van der Waals surface area contributed by atoms with E-state index in [0.29, 0.717) is 0 Å². The molecule has 2 aromatic rings. The summed E-state index contributed by atoms with van der Waals surface area (Å²) in [5.41, 5.74) is 0.977. The molecule has 1 unspecified atom stereocenters. The van der Waals surface area contributed by atoms with E-state index in [1.807, 2.05) is 29.6 Å². The third-order valence-corrected chi connectivity index (χ3v) is 3.82. The van der Waals surface area contributed by atoms with Crippen LogP contribution in [0, 0.1) is 0 Å². The molecule has 1 atom stereocenters. The fourth-order valence-electron chi connectivity index (χ4n) is 1.62. The van der Waals surface area contributed by atoms with Crippen molar-refractivity contribution in [2.45, 2.75) is 12.3 Å². The van der Waals surface area contributed by atoms with Crippen molar-refractivity contribution in [3.63, 3.8) is 0 Å². The molecule has 0 saturated heterocycles. The Morgan fingerprint density at radius 1 is 1.41 bits per heavy atom. The van der Waals surface area contributed by atoms with Crippen molar-refractivity contribution >= 4 is 33.2 Å². The van der Waals surface area contributed by atoms with Gasteiger partial charge in [0, 0.05) is 22.0 Å². The molecule has 1 N–H and O–H groups in total. The smallest absolute Gasteiger partial charge is 0.304 e. The Bertz CT molecular complexity index is 496. The Hall–Kier alpha value is -1.20. The van der Waals surface area contributed by atoms with Gasteiger partial charge in [0.2, 0.25) is 0 Å². The van der Waals surface area contributed by atoms with Crippen LogP contribution in [0.4, 0.5) is 0 Å². The normalized spacial score (nSPS) is 12.3. The minimum Gasteiger partial charge on any atom is -0.481 e. The van der Waals surface area contributed by atoms with Gasteiger partial charge < -0.3 is 5.11 Å². The van der Waals surface area contributed by atoms with Gasteiger partial charge >= 0.3 is 5.97 Å². The maximum absolute atomic E-state index is 10.9. The standard InChI is InChI=1S/C12H10BrNO2S/c13-9-3-1-8(2-4-9)10(7-11(15)16)12-14-5-6-17-12/h1-6,10H,7H2,(H,15,16). The summed E-state index contributed by atoms with van der Waals surface area (Å²) in [7, 11) is 0. The Morgan fingerprint density at radius 2 is 2.12 bits per heavy atom. The first-order valence-corrected chi connectivity index (χ1v) is 6.70. The summed E-state index contributed by atoms with van der Waals surface area (Å²) in [4.78, 5) is 15.1. The number of carboxylic acid groups (broad SMARTS) is 1. The van der Waals surface area contributed by atoms with Crippen LogP contribution in [0.2, 0.25) is 0 Å². The number of carbonyl (C=O) groups is 1. The van der Waals surface area contributed by atoms with E-state index >= 15 is 0 Å². The maximum Gasteiger partial charge on any atom is 0.304 e. The van der Waals surface area contributed by atoms with Crippen LogP contribution < -0.4 is 0 Å². The molecule has 3 nitrogen and oxygen atoms in total. The van der Waals surface area contributed by atoms with E-state index in [-0.39, 0.29) is 12.3 Å². The van der Waals surface area contributed by atoms with E-state index in [9.17, 15) is 4.79 Å². The van der Waals surface area contributed by atoms with Crippen LogP contribution in [-0.4, -0.2) is 16.1 Å². The lowest BCUT2D eigenvalue weighted by Crippen LogP contribution is -2.07. The van der Waals surface area contributed by atoms with E-state index in [1.165, 1.54) is 11.3 Å². The van der Waals surface area contributed by atoms with Crippen LogP contribution in [0.15, 0.2) is 40.3 Å². The van der Waals surface area contributed by atoms with E-state index < -0.39 is 5.97 Å². The number of aromatic nitrogens is 1. The first kappa shape index (κ1) is 12.3. The van der Waals surface area contributed by atoms with Crippen molar-refractivity contribution in [2.24, 2.45) is 0 Å². The predicted molar refractivity (Wildman–Crippen MR) is 70.4 cm³/mol. The van der Waals surface area contributed by atoms with Gasteiger partial charge in [-0.3, -0.25) is 4.79 Å². The fourth-order valence-corrected chi connectivity index (χ4v) is 2.65. The largest absolute Gasteiger partial charge is 0.481 e. The number of hydrogen-bond donors (Lipinski definition) is 1. The highest BCUT2D eigenvalue weighted by atomic mass is 79.9. The van der Waals surface area contributed by atoms with Crippen LogP contribution in [0.1, 0.15) is 22.9 Å². The number of rotatable bonds is 4. The molecular formula is C12H10BrNO2S. The lowest BCUT2D eigenvalue weighted by molar-refractivity contribution is -0.137. The van der Waals surface area contributed by atoms with Crippen LogP contribution in [0.3, 0.4) is 0 Å². The van der Waals surface area contributed by atoms with E-state index in [2.05, 4.69) is 20.9 Å². The van der Waals surface area contributed by atoms with E-state index in [1.54, 1.807) is 6.20 Å². The summed E-state index contributed by atoms with van der Waals surface area (Å²) in [6.45, 7) is 0. The molecule has 0 aliphatic carbocycles. The van der Waals surface area contributed by atoms with Gasteiger partial charge in [-0.05, 0) is 17.7 Å². The van der Waals surface area contributed by atoms with Crippen molar-refractivity contribution < 1.29 is 9.90 Å². The van der Waals surface area contributed by atoms with Crippen molar-refractivity contribution in [1.29, 1.82) is 0 Å². The highest BCUT2D eigenvalue weighted by Gasteiger charge is 2.19. The Balaban J connectivity index is 2.33. The second-order valence-electron chi connectivity index (χ2n) is 3.57. The quantitative estimate of drug-likeness (QED) is 0.940. The average molecular weight is 312 g/mol. The third kappa shape index (κ3) is 3.14. The second-order valence-corrected chi connectivity index (χ2v) is 5.41. The molecule has 0 radical (unpaired) electrons. The van der Waals surface area contributed by atoms with E-state index in [0.717, 1.165) is 15.0 Å². The van der Waals surface area contributed by atoms with Crippen LogP contribution in [0.5, 0.6) is 0 Å². The van der Waals surface area contributed by atoms with Crippen LogP contribution >= 0.6 is 27.3 Å². The van der Waals surface area contributed by atoms with Crippen molar-refractivity contribution in [1.82, 2.24) is 4.98 Å². The summed E-state index contributed by atoms with van der Waals surface area (Å²) >= 11 is 4.85. The SMILES string of the molecule is O=C(O)CC(c1ccc(Br)cc1)c1nccs1. The topological polar surface area (TPSA) is 50.2 Å². The van der Waals surface area contributed by atoms with Gasteiger partial charge in [-0.2, -0.15) is 0 Å². The molecule has 1 aromatic carbocycles. The van der Waals surface area contributed by atoms with Gasteiger partial charge in [-0.15, -0.1) is 11.3 Å². The highest BCUT2D eigenvalue weighted by Crippen LogP contribution is 2.30. The van der Waals surface area contributed by atoms with Crippen LogP contribution in [0.25, 0.3) is 0 Å². The van der Waals surface area contributed by atoms with Gasteiger partial charge in [0.15, 0.2) is 0 Å². The third-order valence-electron chi connectivity index (χ3n) is 2.40. The minimum atomic E-state index is -0.812. The number of hydrogen-bond acceptors (Lipinski definition) is 3. The Morgan fingerprint density at radius 3 is 2.65 bits per heavy atom. The first-order valence-electron chi connectivity index (χ1n) is 5.03. The Kier molecular flexibility index (Phi) is 3.91. The summed E-state index contributed by atoms with van der Waals surface area (Å²) in [6.07, 6.45) is 1.77. The van der Waals surface area contributed by atoms with Crippen molar-refractivity contribution in [3.8, 4) is 0 Å². The molecule has 88 valence electrons. The molecule has 17 heavy (non-hydrogen) atoms. The predicted octanol–water partition coefficient (Wildman–Crippen LogP) is 3.51. The molecule has 0 aliphatic rings. The van der Waals surface area contributed by atoms with Gasteiger partial charge in [-0.1, -0.05) is 28.1 Å². The lowest BCUT2D eigenvalue weighted by atomic mass is 9.96. The van der Waals surface area contributed by atoms with Gasteiger partial charge in [-0.25, -0.2) is 4.98 Å². The van der Waals surface area contributed by atoms with Crippen LogP contribution in [-0.2, 0) is 4.79 Å². The molecule has 0 amide bonds. The lowest BCUT2D eigenvalue weighted by Gasteiger charge is -2.12. The van der Waals surface area contributed by atoms with Gasteiger partial charge in [0.25, 0.3) is 0 Å². The molecule has 0 aliphatic heterocycles. The number of halogens is 1. The summed E-state index contributed by atoms with van der Waals surface area (Å²) < 4.78 is 0.981. The molecular weight excluding hydrogens is 302 g/mol. The van der Waals surface area contributed by atoms with E-state index in [4.69, 9.17) is 5.11 Å². The minimum absolute atomic E-state index is 0.0646. The molecule has 2 rings (SSSR count). The zero-order valence-electron chi connectivity index (χ0n) is 8.84. The second kappa shape index (κ2) is 5.42. The molecule has 0 fully saturated rings. The summed E-state index contributed by atoms with van der Waals surface area (Å²) in [5, 5.41) is 11.7. The molecule has 0 saturated carbocycles. The molecule has 5 heteroatoms. The first-order chi connectivity index (χ1) is 8.16. The zero-order valence-corrected chi connectivity index (χ0v) is 11.2. The number of aliphatic carboxylic acids is 1. The monoisotopic (exact) mass is 311 g/mol. The summed E-state index contributed by atoms with van der Waals surface area (Å²) in [6, 6.07) is 7.69. The van der Waals surface area contributed by atoms with Crippen molar-refractivity contribution in [2.75, 3.05) is 0 Å². The van der Waals surface area contributed by atoms with Gasteiger partial charge in [0.1, 0.15) is 5.01 Å². The molecule has 0 spiro atoms. The van der Waals surface area contributed by atoms with Gasteiger partial charge in [0.05, 0.1) is 6.42 Å². The number of carboxylic acids is 1. The maximum atomic E-state index is 10.9. The number of nitrogens with zero attached hydrogens (tertiary/aromatic N) is 1. The number of thiazole rings is 1. The summed E-state index contributed by atoms with van der Waals surface area (Å²) in [5.74, 6) is -0.978.